The van der Waals surface area contributed by atoms with Gasteiger partial charge in [-0.05, 0) is 0 Å². The van der Waals surface area contributed by atoms with Gasteiger partial charge in [0.05, 0.1) is 0 Å². The summed E-state index contributed by atoms with van der Waals surface area (Å²) in [5.74, 6) is 0.246. The molecule has 0 unspecified atom stereocenters. The molecule has 0 atom stereocenters. The number of alkyl halides is 1. The van der Waals surface area contributed by atoms with Crippen LogP contribution in [0.1, 0.15) is 32.3 Å². The van der Waals surface area contributed by atoms with Gasteiger partial charge in [-0.2, -0.15) is 0 Å². The van der Waals surface area contributed by atoms with E-state index in [1.165, 1.54) is 32.2 Å². The van der Waals surface area contributed by atoms with E-state index in [0.29, 0.717) is 11.3 Å². The predicted molar refractivity (Wildman–Crippen MR) is 82.4 cm³/mol. The first-order valence-corrected chi connectivity index (χ1v) is 10.2. The normalized spacial score (nSPS) is 10.9. The number of benzene rings is 1. The molecule has 108 valence electrons. The third-order valence-electron chi connectivity index (χ3n) is 3.01. The number of halogens is 1. The van der Waals surface area contributed by atoms with Crippen LogP contribution in [-0.4, -0.2) is 15.2 Å². The van der Waals surface area contributed by atoms with Gasteiger partial charge in [0.1, 0.15) is 0 Å². The molecule has 0 saturated heterocycles. The zero-order valence-electron chi connectivity index (χ0n) is 11.7. The fraction of sp³-hybridized carbons (Fsp3) is 0.312. The van der Waals surface area contributed by atoms with Gasteiger partial charge in [0.2, 0.25) is 0 Å². The summed E-state index contributed by atoms with van der Waals surface area (Å²) < 4.78 is 2.80. The Bertz CT molecular complexity index is 589. The number of thiophene rings is 1. The van der Waals surface area contributed by atoms with Gasteiger partial charge in [0.15, 0.2) is 0 Å². The maximum absolute atomic E-state index is 10.2. The van der Waals surface area contributed by atoms with Crippen LogP contribution in [0, 0.1) is 8.98 Å². The zero-order valence-corrected chi connectivity index (χ0v) is 14.7. The number of hydrogen-bond acceptors (Lipinski definition) is 3. The van der Waals surface area contributed by atoms with Gasteiger partial charge in [0, 0.05) is 0 Å². The molecule has 2 aromatic rings. The monoisotopic (exact) mass is 400 g/mol. The Morgan fingerprint density at radius 3 is 2.55 bits per heavy atom. The Balaban J connectivity index is 2.16. The van der Waals surface area contributed by atoms with E-state index in [1.54, 1.807) is 6.92 Å². The quantitative estimate of drug-likeness (QED) is 0.329. The first kappa shape index (κ1) is 15.5. The average Bonchev–Trinajstić information content (AvgIpc) is 2.82. The van der Waals surface area contributed by atoms with Crippen molar-refractivity contribution in [2.24, 2.45) is 0 Å². The van der Waals surface area contributed by atoms with E-state index in [-0.39, 0.29) is 27.0 Å². The molecule has 2 nitrogen and oxygen atoms in total. The minimum atomic E-state index is 0.131. The van der Waals surface area contributed by atoms with Crippen molar-refractivity contribution in [3.8, 4) is 16.2 Å². The topological polar surface area (TPSA) is 44.1 Å². The van der Waals surface area contributed by atoms with E-state index >= 15 is 0 Å². The van der Waals surface area contributed by atoms with Crippen LogP contribution in [0.3, 0.4) is 0 Å². The Hall–Kier alpha value is -0.880. The summed E-state index contributed by atoms with van der Waals surface area (Å²) >= 11 is 1.63. The van der Waals surface area contributed by atoms with Crippen LogP contribution >= 0.6 is 11.3 Å². The molecule has 0 fully saturated rings. The van der Waals surface area contributed by atoms with E-state index in [0.717, 1.165) is 10.4 Å². The summed E-state index contributed by atoms with van der Waals surface area (Å²) in [5.41, 5.74) is 2.10. The van der Waals surface area contributed by atoms with Crippen LogP contribution in [0.4, 0.5) is 0 Å². The van der Waals surface area contributed by atoms with Crippen LogP contribution in [0.5, 0.6) is 5.75 Å². The van der Waals surface area contributed by atoms with E-state index in [4.69, 9.17) is 5.41 Å². The van der Waals surface area contributed by atoms with Crippen molar-refractivity contribution in [1.29, 1.82) is 5.41 Å². The number of aromatic hydroxyl groups is 1. The zero-order chi connectivity index (χ0) is 14.5. The molecule has 0 aliphatic carbocycles. The van der Waals surface area contributed by atoms with Crippen LogP contribution in [0.15, 0.2) is 29.6 Å². The van der Waals surface area contributed by atoms with Crippen molar-refractivity contribution in [3.63, 3.8) is 0 Å². The number of hydrogen-bond donors (Lipinski definition) is 2. The van der Waals surface area contributed by atoms with Crippen LogP contribution < -0.4 is 21.2 Å². The molecule has 0 radical (unpaired) electrons. The predicted octanol–water partition coefficient (Wildman–Crippen LogP) is 1.57. The Labute approximate surface area is 134 Å². The summed E-state index contributed by atoms with van der Waals surface area (Å²) in [7, 11) is 0. The molecule has 1 heterocycles. The first-order valence-electron chi connectivity index (χ1n) is 6.69. The minimum absolute atomic E-state index is 0.131. The van der Waals surface area contributed by atoms with Crippen molar-refractivity contribution in [2.75, 3.05) is 4.43 Å². The van der Waals surface area contributed by atoms with Crippen LogP contribution in [0.25, 0.3) is 10.4 Å². The van der Waals surface area contributed by atoms with E-state index < -0.39 is 0 Å². The molecule has 0 amide bonds. The molecular weight excluding hydrogens is 381 g/mol. The summed E-state index contributed by atoms with van der Waals surface area (Å²) in [5, 5.41) is 19.7. The Morgan fingerprint density at radius 1 is 1.30 bits per heavy atom. The molecule has 0 aliphatic rings. The third kappa shape index (κ3) is 3.61. The summed E-state index contributed by atoms with van der Waals surface area (Å²) in [6.07, 6.45) is 2.59. The van der Waals surface area contributed by atoms with Crippen molar-refractivity contribution >= 4 is 17.0 Å². The molecule has 2 rings (SSSR count). The van der Waals surface area contributed by atoms with Gasteiger partial charge in [-0.3, -0.25) is 0 Å². The fourth-order valence-corrected chi connectivity index (χ4v) is 5.48. The van der Waals surface area contributed by atoms with Crippen LogP contribution in [0.2, 0.25) is 0 Å². The Kier molecular flexibility index (Phi) is 5.60. The Morgan fingerprint density at radius 2 is 2.00 bits per heavy atom. The van der Waals surface area contributed by atoms with Gasteiger partial charge in [-0.15, -0.1) is 0 Å². The van der Waals surface area contributed by atoms with Gasteiger partial charge in [-0.1, -0.05) is 0 Å². The van der Waals surface area contributed by atoms with E-state index in [2.05, 4.69) is 31.2 Å². The summed E-state index contributed by atoms with van der Waals surface area (Å²) in [4.78, 5) is 0.866. The van der Waals surface area contributed by atoms with E-state index in [9.17, 15) is 5.11 Å². The molecule has 4 heteroatoms. The van der Waals surface area contributed by atoms with E-state index in [1.807, 2.05) is 5.38 Å². The van der Waals surface area contributed by atoms with Gasteiger partial charge >= 0.3 is 135 Å². The van der Waals surface area contributed by atoms with Crippen molar-refractivity contribution in [1.82, 2.24) is 0 Å². The average molecular weight is 400 g/mol. The SMILES string of the molecule is CCCC[I-]c1ccc(-c2scc(C(C)=N)c2O)cc1. The van der Waals surface area contributed by atoms with Gasteiger partial charge in [-0.25, -0.2) is 0 Å². The number of rotatable bonds is 6. The van der Waals surface area contributed by atoms with Crippen LogP contribution in [-0.2, 0) is 0 Å². The third-order valence-corrected chi connectivity index (χ3v) is 6.93. The molecular formula is C16H19INOS-. The molecule has 0 bridgehead atoms. The molecule has 1 aromatic carbocycles. The standard InChI is InChI=1S/C16H19INOS/c1-3-4-9-17-13-7-5-12(6-8-13)16-15(19)14(10-20-16)11(2)18/h5-8,10,18-19H,3-4,9H2,1-2H3/q-1. The molecule has 0 spiro atoms. The molecule has 1 aromatic heterocycles. The molecule has 20 heavy (non-hydrogen) atoms. The summed E-state index contributed by atoms with van der Waals surface area (Å²) in [6, 6.07) is 8.56. The second-order valence-corrected chi connectivity index (χ2v) is 8.60. The number of nitrogens with one attached hydrogen (secondary N) is 1. The molecule has 2 N–H and O–H groups in total. The maximum atomic E-state index is 10.2. The van der Waals surface area contributed by atoms with Crippen molar-refractivity contribution in [2.45, 2.75) is 26.7 Å². The van der Waals surface area contributed by atoms with Gasteiger partial charge < -0.3 is 0 Å². The second-order valence-electron chi connectivity index (χ2n) is 4.64. The first-order chi connectivity index (χ1) is 9.63. The van der Waals surface area contributed by atoms with Gasteiger partial charge in [0.25, 0.3) is 0 Å². The van der Waals surface area contributed by atoms with Crippen molar-refractivity contribution < 1.29 is 26.3 Å². The molecule has 0 saturated carbocycles. The summed E-state index contributed by atoms with van der Waals surface area (Å²) in [6.45, 7) is 3.93. The molecule has 0 aliphatic heterocycles. The fourth-order valence-electron chi connectivity index (χ4n) is 1.82. The number of unbranched alkanes of at least 4 members (excludes halogenated alkanes) is 1. The van der Waals surface area contributed by atoms with Crippen molar-refractivity contribution in [3.05, 3.63) is 38.8 Å². The second kappa shape index (κ2) is 7.22.